The third kappa shape index (κ3) is 2.31. The molecular formula is C9H20OSi. The van der Waals surface area contributed by atoms with E-state index < -0.39 is 8.07 Å². The standard InChI is InChI=1S/C9H20OSi/c1-11(2,3)9(10)8-6-4-5-7-8/h8-10H,4-7H2,1-3H3. The van der Waals surface area contributed by atoms with Crippen molar-refractivity contribution in [3.05, 3.63) is 0 Å². The molecule has 0 heterocycles. The first-order valence-corrected chi connectivity index (χ1v) is 8.27. The van der Waals surface area contributed by atoms with Gasteiger partial charge in [0.1, 0.15) is 0 Å². The first-order valence-electron chi connectivity index (χ1n) is 4.70. The van der Waals surface area contributed by atoms with Crippen molar-refractivity contribution in [2.24, 2.45) is 5.92 Å². The summed E-state index contributed by atoms with van der Waals surface area (Å²) >= 11 is 0. The van der Waals surface area contributed by atoms with Crippen LogP contribution in [-0.4, -0.2) is 18.9 Å². The summed E-state index contributed by atoms with van der Waals surface area (Å²) in [6.07, 6.45) is 5.22. The van der Waals surface area contributed by atoms with Crippen LogP contribution >= 0.6 is 0 Å². The van der Waals surface area contributed by atoms with Gasteiger partial charge in [-0.25, -0.2) is 0 Å². The Morgan fingerprint density at radius 3 is 2.00 bits per heavy atom. The topological polar surface area (TPSA) is 20.2 Å². The summed E-state index contributed by atoms with van der Waals surface area (Å²) in [6, 6.07) is 0. The van der Waals surface area contributed by atoms with E-state index in [0.29, 0.717) is 5.92 Å². The minimum absolute atomic E-state index is 0.0463. The van der Waals surface area contributed by atoms with Gasteiger partial charge in [0.25, 0.3) is 0 Å². The largest absolute Gasteiger partial charge is 0.396 e. The van der Waals surface area contributed by atoms with Crippen LogP contribution in [0, 0.1) is 5.92 Å². The molecule has 0 bridgehead atoms. The zero-order chi connectivity index (χ0) is 8.48. The average molecular weight is 172 g/mol. The molecule has 0 aliphatic heterocycles. The third-order valence-corrected chi connectivity index (χ3v) is 4.98. The van der Waals surface area contributed by atoms with Crippen molar-refractivity contribution in [2.45, 2.75) is 51.1 Å². The van der Waals surface area contributed by atoms with E-state index >= 15 is 0 Å². The summed E-state index contributed by atoms with van der Waals surface area (Å²) in [5, 5.41) is 9.95. The molecule has 1 N–H and O–H groups in total. The first kappa shape index (κ1) is 9.27. The lowest BCUT2D eigenvalue weighted by Crippen LogP contribution is -2.42. The van der Waals surface area contributed by atoms with Gasteiger partial charge in [-0.05, 0) is 18.8 Å². The normalized spacial score (nSPS) is 24.0. The highest BCUT2D eigenvalue weighted by Crippen LogP contribution is 2.31. The average Bonchev–Trinajstić information content (AvgIpc) is 2.34. The van der Waals surface area contributed by atoms with Gasteiger partial charge in [0.15, 0.2) is 0 Å². The molecule has 2 heteroatoms. The van der Waals surface area contributed by atoms with E-state index in [1.165, 1.54) is 25.7 Å². The Hall–Kier alpha value is 0.177. The van der Waals surface area contributed by atoms with E-state index in [1.807, 2.05) is 0 Å². The Morgan fingerprint density at radius 2 is 1.64 bits per heavy atom. The van der Waals surface area contributed by atoms with Gasteiger partial charge in [-0.15, -0.1) is 0 Å². The summed E-state index contributed by atoms with van der Waals surface area (Å²) in [4.78, 5) is 0. The van der Waals surface area contributed by atoms with Crippen LogP contribution < -0.4 is 0 Å². The molecule has 0 aromatic rings. The van der Waals surface area contributed by atoms with E-state index in [1.54, 1.807) is 0 Å². The second-order valence-electron chi connectivity index (χ2n) is 4.86. The minimum Gasteiger partial charge on any atom is -0.396 e. The van der Waals surface area contributed by atoms with E-state index in [4.69, 9.17) is 0 Å². The maximum atomic E-state index is 9.95. The van der Waals surface area contributed by atoms with Gasteiger partial charge in [0.05, 0.1) is 8.07 Å². The SMILES string of the molecule is C[Si](C)(C)C(O)C1CCCC1. The molecule has 1 atom stereocenters. The fourth-order valence-electron chi connectivity index (χ4n) is 1.98. The van der Waals surface area contributed by atoms with Gasteiger partial charge in [-0.2, -0.15) is 0 Å². The van der Waals surface area contributed by atoms with Gasteiger partial charge in [-0.3, -0.25) is 0 Å². The molecule has 1 rings (SSSR count). The summed E-state index contributed by atoms with van der Waals surface area (Å²) in [5.41, 5.74) is 0.0463. The monoisotopic (exact) mass is 172 g/mol. The van der Waals surface area contributed by atoms with Crippen LogP contribution in [0.2, 0.25) is 19.6 Å². The molecule has 1 fully saturated rings. The van der Waals surface area contributed by atoms with Crippen molar-refractivity contribution in [1.82, 2.24) is 0 Å². The van der Waals surface area contributed by atoms with Crippen LogP contribution in [-0.2, 0) is 0 Å². The van der Waals surface area contributed by atoms with Crippen LogP contribution in [0.1, 0.15) is 25.7 Å². The van der Waals surface area contributed by atoms with Crippen molar-refractivity contribution in [1.29, 1.82) is 0 Å². The van der Waals surface area contributed by atoms with Crippen molar-refractivity contribution >= 4 is 8.07 Å². The molecule has 11 heavy (non-hydrogen) atoms. The Bertz CT molecular complexity index is 122. The quantitative estimate of drug-likeness (QED) is 0.634. The van der Waals surface area contributed by atoms with Crippen LogP contribution in [0.4, 0.5) is 0 Å². The molecule has 1 unspecified atom stereocenters. The molecule has 0 amide bonds. The lowest BCUT2D eigenvalue weighted by Gasteiger charge is -2.28. The highest BCUT2D eigenvalue weighted by molar-refractivity contribution is 6.77. The highest BCUT2D eigenvalue weighted by atomic mass is 28.3. The number of rotatable bonds is 2. The Kier molecular flexibility index (Phi) is 2.76. The molecule has 0 spiro atoms. The number of aliphatic hydroxyl groups excluding tert-OH is 1. The summed E-state index contributed by atoms with van der Waals surface area (Å²) in [7, 11) is -1.27. The van der Waals surface area contributed by atoms with Crippen LogP contribution in [0.15, 0.2) is 0 Å². The maximum absolute atomic E-state index is 9.95. The number of aliphatic hydroxyl groups is 1. The van der Waals surface area contributed by atoms with E-state index in [9.17, 15) is 5.11 Å². The zero-order valence-corrected chi connectivity index (χ0v) is 8.93. The molecule has 0 radical (unpaired) electrons. The lowest BCUT2D eigenvalue weighted by molar-refractivity contribution is 0.176. The molecule has 1 aliphatic rings. The zero-order valence-electron chi connectivity index (χ0n) is 7.93. The molecule has 1 aliphatic carbocycles. The minimum atomic E-state index is -1.27. The van der Waals surface area contributed by atoms with Crippen LogP contribution in [0.5, 0.6) is 0 Å². The summed E-state index contributed by atoms with van der Waals surface area (Å²) in [6.45, 7) is 6.78. The van der Waals surface area contributed by atoms with Crippen molar-refractivity contribution in [2.75, 3.05) is 0 Å². The van der Waals surface area contributed by atoms with Crippen molar-refractivity contribution in [3.8, 4) is 0 Å². The molecular weight excluding hydrogens is 152 g/mol. The molecule has 1 saturated carbocycles. The van der Waals surface area contributed by atoms with Crippen molar-refractivity contribution < 1.29 is 5.11 Å². The second-order valence-corrected chi connectivity index (χ2v) is 10.2. The maximum Gasteiger partial charge on any atom is 0.0785 e. The predicted octanol–water partition coefficient (Wildman–Crippen LogP) is 2.41. The van der Waals surface area contributed by atoms with Gasteiger partial charge in [0, 0.05) is 5.73 Å². The Labute approximate surface area is 70.8 Å². The smallest absolute Gasteiger partial charge is 0.0785 e. The number of hydrogen-bond donors (Lipinski definition) is 1. The van der Waals surface area contributed by atoms with E-state index in [0.717, 1.165) is 0 Å². The Morgan fingerprint density at radius 1 is 1.18 bits per heavy atom. The van der Waals surface area contributed by atoms with E-state index in [2.05, 4.69) is 19.6 Å². The van der Waals surface area contributed by atoms with Gasteiger partial charge < -0.3 is 5.11 Å². The van der Waals surface area contributed by atoms with E-state index in [-0.39, 0.29) is 5.73 Å². The van der Waals surface area contributed by atoms with Gasteiger partial charge in [-0.1, -0.05) is 32.5 Å². The summed E-state index contributed by atoms with van der Waals surface area (Å²) < 4.78 is 0. The third-order valence-electron chi connectivity index (χ3n) is 2.73. The second kappa shape index (κ2) is 3.28. The van der Waals surface area contributed by atoms with Crippen LogP contribution in [0.3, 0.4) is 0 Å². The van der Waals surface area contributed by atoms with Gasteiger partial charge in [0.2, 0.25) is 0 Å². The van der Waals surface area contributed by atoms with Gasteiger partial charge >= 0.3 is 0 Å². The molecule has 0 aromatic carbocycles. The molecule has 1 nitrogen and oxygen atoms in total. The lowest BCUT2D eigenvalue weighted by atomic mass is 10.1. The molecule has 66 valence electrons. The Balaban J connectivity index is 2.46. The fraction of sp³-hybridized carbons (Fsp3) is 1.00. The predicted molar refractivity (Wildman–Crippen MR) is 51.3 cm³/mol. The molecule has 0 saturated heterocycles. The first-order chi connectivity index (χ1) is 5.02. The van der Waals surface area contributed by atoms with Crippen LogP contribution in [0.25, 0.3) is 0 Å². The molecule has 0 aromatic heterocycles. The highest BCUT2D eigenvalue weighted by Gasteiger charge is 2.33. The summed E-state index contributed by atoms with van der Waals surface area (Å²) in [5.74, 6) is 0.640. The number of hydrogen-bond acceptors (Lipinski definition) is 1. The fourth-order valence-corrected chi connectivity index (χ4v) is 3.73. The van der Waals surface area contributed by atoms with Crippen molar-refractivity contribution in [3.63, 3.8) is 0 Å².